The highest BCUT2D eigenvalue weighted by molar-refractivity contribution is 5.30. The summed E-state index contributed by atoms with van der Waals surface area (Å²) in [6, 6.07) is 8.49. The second-order valence-electron chi connectivity index (χ2n) is 5.30. The quantitative estimate of drug-likeness (QED) is 0.861. The molecule has 0 aromatic heterocycles. The van der Waals surface area contributed by atoms with Crippen molar-refractivity contribution in [2.45, 2.75) is 25.3 Å². The van der Waals surface area contributed by atoms with Crippen LogP contribution in [0, 0.1) is 0 Å². The number of hydrogen-bond acceptors (Lipinski definition) is 3. The lowest BCUT2D eigenvalue weighted by Gasteiger charge is -2.36. The van der Waals surface area contributed by atoms with Gasteiger partial charge in [0, 0.05) is 12.1 Å². The highest BCUT2D eigenvalue weighted by Gasteiger charge is 2.35. The van der Waals surface area contributed by atoms with E-state index in [2.05, 4.69) is 42.5 Å². The molecular weight excluding hydrogens is 224 g/mol. The van der Waals surface area contributed by atoms with Gasteiger partial charge < -0.3 is 15.0 Å². The average molecular weight is 248 g/mol. The van der Waals surface area contributed by atoms with Gasteiger partial charge in [-0.15, -0.1) is 0 Å². The second-order valence-corrected chi connectivity index (χ2v) is 5.30. The van der Waals surface area contributed by atoms with Gasteiger partial charge in [-0.25, -0.2) is 0 Å². The smallest absolute Gasteiger partial charge is 0.119 e. The summed E-state index contributed by atoms with van der Waals surface area (Å²) in [5.74, 6) is 0.981. The minimum Gasteiger partial charge on any atom is -0.494 e. The highest BCUT2D eigenvalue weighted by atomic mass is 16.5. The molecule has 1 aromatic rings. The Labute approximate surface area is 110 Å². The van der Waals surface area contributed by atoms with Crippen molar-refractivity contribution in [3.63, 3.8) is 0 Å². The van der Waals surface area contributed by atoms with E-state index in [1.807, 2.05) is 13.0 Å². The van der Waals surface area contributed by atoms with Gasteiger partial charge in [0.05, 0.1) is 6.61 Å². The summed E-state index contributed by atoms with van der Waals surface area (Å²) in [7, 11) is 4.36. The normalized spacial score (nSPS) is 23.6. The minimum atomic E-state index is 0.255. The highest BCUT2D eigenvalue weighted by Crippen LogP contribution is 2.27. The van der Waals surface area contributed by atoms with E-state index in [1.165, 1.54) is 12.0 Å². The zero-order valence-corrected chi connectivity index (χ0v) is 11.7. The van der Waals surface area contributed by atoms with Gasteiger partial charge in [0.1, 0.15) is 5.75 Å². The lowest BCUT2D eigenvalue weighted by atomic mass is 9.88. The van der Waals surface area contributed by atoms with Gasteiger partial charge in [0.2, 0.25) is 0 Å². The Bertz CT molecular complexity index is 384. The van der Waals surface area contributed by atoms with Crippen molar-refractivity contribution in [2.24, 2.45) is 0 Å². The van der Waals surface area contributed by atoms with E-state index in [0.717, 1.165) is 31.9 Å². The van der Waals surface area contributed by atoms with Crippen LogP contribution in [0.5, 0.6) is 5.75 Å². The molecule has 100 valence electrons. The van der Waals surface area contributed by atoms with Crippen molar-refractivity contribution in [2.75, 3.05) is 33.8 Å². The first kappa shape index (κ1) is 13.4. The van der Waals surface area contributed by atoms with Gasteiger partial charge in [0.15, 0.2) is 0 Å². The molecule has 0 amide bonds. The maximum absolute atomic E-state index is 5.58. The van der Waals surface area contributed by atoms with Gasteiger partial charge >= 0.3 is 0 Å². The molecule has 0 spiro atoms. The molecular formula is C15H24N2O. The summed E-state index contributed by atoms with van der Waals surface area (Å²) in [5, 5.41) is 3.48. The number of nitrogens with one attached hydrogen (secondary N) is 1. The number of rotatable bonds is 5. The summed E-state index contributed by atoms with van der Waals surface area (Å²) in [5.41, 5.74) is 1.61. The first-order valence-corrected chi connectivity index (χ1v) is 6.76. The molecule has 0 aliphatic carbocycles. The van der Waals surface area contributed by atoms with Crippen LogP contribution in [0.2, 0.25) is 0 Å². The molecule has 1 aliphatic heterocycles. The van der Waals surface area contributed by atoms with Crippen LogP contribution in [0.1, 0.15) is 18.9 Å². The second kappa shape index (κ2) is 5.72. The summed E-state index contributed by atoms with van der Waals surface area (Å²) < 4.78 is 5.58. The molecule has 1 N–H and O–H groups in total. The van der Waals surface area contributed by atoms with Crippen molar-refractivity contribution in [3.05, 3.63) is 29.8 Å². The summed E-state index contributed by atoms with van der Waals surface area (Å²) in [6.45, 7) is 4.93. The van der Waals surface area contributed by atoms with Crippen LogP contribution in [-0.4, -0.2) is 44.2 Å². The van der Waals surface area contributed by atoms with Gasteiger partial charge in [-0.05, 0) is 58.1 Å². The standard InChI is InChI=1S/C15H24N2O/c1-4-18-14-7-5-6-13(10-14)11-15(17(2)3)8-9-16-12-15/h5-7,10,16H,4,8-9,11-12H2,1-3H3. The molecule has 1 saturated heterocycles. The van der Waals surface area contributed by atoms with Crippen molar-refractivity contribution < 1.29 is 4.74 Å². The van der Waals surface area contributed by atoms with Crippen LogP contribution in [-0.2, 0) is 6.42 Å². The predicted octanol–water partition coefficient (Wildman–Crippen LogP) is 1.92. The van der Waals surface area contributed by atoms with E-state index in [9.17, 15) is 0 Å². The maximum atomic E-state index is 5.58. The monoisotopic (exact) mass is 248 g/mol. The van der Waals surface area contributed by atoms with E-state index in [0.29, 0.717) is 0 Å². The van der Waals surface area contributed by atoms with E-state index >= 15 is 0 Å². The Hall–Kier alpha value is -1.06. The van der Waals surface area contributed by atoms with Gasteiger partial charge in [-0.1, -0.05) is 12.1 Å². The lowest BCUT2D eigenvalue weighted by molar-refractivity contribution is 0.172. The van der Waals surface area contributed by atoms with E-state index in [4.69, 9.17) is 4.74 Å². The Kier molecular flexibility index (Phi) is 4.25. The van der Waals surface area contributed by atoms with Gasteiger partial charge in [-0.2, -0.15) is 0 Å². The first-order valence-electron chi connectivity index (χ1n) is 6.76. The van der Waals surface area contributed by atoms with Crippen LogP contribution in [0.4, 0.5) is 0 Å². The summed E-state index contributed by atoms with van der Waals surface area (Å²) in [6.07, 6.45) is 2.28. The average Bonchev–Trinajstić information content (AvgIpc) is 2.80. The molecule has 1 heterocycles. The molecule has 1 aromatic carbocycles. The molecule has 3 nitrogen and oxygen atoms in total. The SMILES string of the molecule is CCOc1cccc(CC2(N(C)C)CCNC2)c1. The number of benzene rings is 1. The first-order chi connectivity index (χ1) is 8.66. The Morgan fingerprint density at radius 2 is 2.22 bits per heavy atom. The van der Waals surface area contributed by atoms with E-state index in [1.54, 1.807) is 0 Å². The zero-order chi connectivity index (χ0) is 13.0. The molecule has 1 atom stereocenters. The van der Waals surface area contributed by atoms with E-state index < -0.39 is 0 Å². The third-order valence-electron chi connectivity index (χ3n) is 3.91. The number of ether oxygens (including phenoxy) is 1. The molecule has 1 unspecified atom stereocenters. The number of hydrogen-bond donors (Lipinski definition) is 1. The van der Waals surface area contributed by atoms with Crippen molar-refractivity contribution in [3.8, 4) is 5.75 Å². The minimum absolute atomic E-state index is 0.255. The van der Waals surface area contributed by atoms with Gasteiger partial charge in [0.25, 0.3) is 0 Å². The van der Waals surface area contributed by atoms with Crippen LogP contribution < -0.4 is 10.1 Å². The van der Waals surface area contributed by atoms with Crippen LogP contribution in [0.15, 0.2) is 24.3 Å². The molecule has 1 fully saturated rings. The zero-order valence-electron chi connectivity index (χ0n) is 11.7. The molecule has 0 radical (unpaired) electrons. The predicted molar refractivity (Wildman–Crippen MR) is 75.2 cm³/mol. The molecule has 3 heteroatoms. The summed E-state index contributed by atoms with van der Waals surface area (Å²) >= 11 is 0. The van der Waals surface area contributed by atoms with Crippen molar-refractivity contribution >= 4 is 0 Å². The molecule has 2 rings (SSSR count). The topological polar surface area (TPSA) is 24.5 Å². The molecule has 0 saturated carbocycles. The van der Waals surface area contributed by atoms with E-state index in [-0.39, 0.29) is 5.54 Å². The van der Waals surface area contributed by atoms with Crippen LogP contribution in [0.25, 0.3) is 0 Å². The van der Waals surface area contributed by atoms with Gasteiger partial charge in [-0.3, -0.25) is 0 Å². The molecule has 18 heavy (non-hydrogen) atoms. The fraction of sp³-hybridized carbons (Fsp3) is 0.600. The largest absolute Gasteiger partial charge is 0.494 e. The molecule has 0 bridgehead atoms. The van der Waals surface area contributed by atoms with Crippen molar-refractivity contribution in [1.82, 2.24) is 10.2 Å². The number of nitrogens with zero attached hydrogens (tertiary/aromatic N) is 1. The summed E-state index contributed by atoms with van der Waals surface area (Å²) in [4.78, 5) is 2.36. The fourth-order valence-electron chi connectivity index (χ4n) is 2.71. The third kappa shape index (κ3) is 2.85. The van der Waals surface area contributed by atoms with Crippen LogP contribution in [0.3, 0.4) is 0 Å². The van der Waals surface area contributed by atoms with Crippen molar-refractivity contribution in [1.29, 1.82) is 0 Å². The van der Waals surface area contributed by atoms with Crippen LogP contribution >= 0.6 is 0 Å². The Morgan fingerprint density at radius 3 is 2.83 bits per heavy atom. The number of likely N-dealkylation sites (N-methyl/N-ethyl adjacent to an activating group) is 1. The maximum Gasteiger partial charge on any atom is 0.119 e. The molecule has 1 aliphatic rings. The lowest BCUT2D eigenvalue weighted by Crippen LogP contribution is -2.47. The Balaban J connectivity index is 2.14. The third-order valence-corrected chi connectivity index (χ3v) is 3.91. The Morgan fingerprint density at radius 1 is 1.39 bits per heavy atom. The fourth-order valence-corrected chi connectivity index (χ4v) is 2.71.